The maximum Gasteiger partial charge on any atom is 0.252 e. The molecule has 16 aromatic carbocycles. The second-order valence-corrected chi connectivity index (χ2v) is 43.2. The van der Waals surface area contributed by atoms with Crippen LogP contribution in [-0.4, -0.2) is 41.5 Å². The molecule has 660 valence electrons. The fraction of sp³-hybridized carbons (Fsp3) is 0.213. The minimum absolute atomic E-state index is 0.0210. The molecular formula is C122H115B3N6O3. The third-order valence-corrected chi connectivity index (χ3v) is 29.2. The molecule has 0 unspecified atom stereocenters. The maximum atomic E-state index is 5.95. The Morgan fingerprint density at radius 2 is 0.410 bits per heavy atom. The van der Waals surface area contributed by atoms with Gasteiger partial charge in [-0.15, -0.1) is 0 Å². The van der Waals surface area contributed by atoms with Crippen molar-refractivity contribution in [3.8, 4) is 50.6 Å². The minimum Gasteiger partial charge on any atom is -0.497 e. The Balaban J connectivity index is 0.805. The molecule has 0 N–H and O–H groups in total. The quantitative estimate of drug-likeness (QED) is 0.111. The van der Waals surface area contributed by atoms with Gasteiger partial charge in [0, 0.05) is 102 Å². The molecule has 134 heavy (non-hydrogen) atoms. The molecular weight excluding hydrogens is 1630 g/mol. The van der Waals surface area contributed by atoms with Crippen molar-refractivity contribution in [2.45, 2.75) is 152 Å². The van der Waals surface area contributed by atoms with Crippen molar-refractivity contribution >= 4 is 172 Å². The van der Waals surface area contributed by atoms with Gasteiger partial charge in [-0.1, -0.05) is 225 Å². The van der Waals surface area contributed by atoms with E-state index in [-0.39, 0.29) is 47.2 Å². The summed E-state index contributed by atoms with van der Waals surface area (Å²) >= 11 is 0. The van der Waals surface area contributed by atoms with E-state index in [0.717, 1.165) is 125 Å². The summed E-state index contributed by atoms with van der Waals surface area (Å²) in [4.78, 5) is 15.2. The van der Waals surface area contributed by atoms with Crippen LogP contribution in [0.1, 0.15) is 148 Å². The molecule has 9 nitrogen and oxygen atoms in total. The van der Waals surface area contributed by atoms with Crippen molar-refractivity contribution < 1.29 is 14.2 Å². The number of rotatable bonds is 12. The summed E-state index contributed by atoms with van der Waals surface area (Å²) in [6, 6.07) is 122. The number of fused-ring (bicyclic) bond motifs is 12. The highest BCUT2D eigenvalue weighted by Gasteiger charge is 2.49. The molecule has 0 atom stereocenters. The summed E-state index contributed by atoms with van der Waals surface area (Å²) in [5.41, 5.74) is 48.1. The van der Waals surface area contributed by atoms with Crippen LogP contribution in [0.4, 0.5) is 102 Å². The van der Waals surface area contributed by atoms with Crippen LogP contribution in [-0.2, 0) is 27.1 Å². The molecule has 0 spiro atoms. The van der Waals surface area contributed by atoms with Gasteiger partial charge in [0.25, 0.3) is 20.1 Å². The first-order chi connectivity index (χ1) is 64.1. The SMILES string of the molecule is COc1ccc(N2c3ccc(-c4cc(-c5ccc6c(c5)B5c7cc(C(C)(C)C)ccc7N(c7ccc(C(C)(C)C)cc7)c7cc(C)cc(c75)N6c5ccc(OC)cc5)cc(-c5ccc6c(c5)B5c7cc(C(C)(C)C)ccc7N(c7ccc(C(C)(C)C)cc7)c7cc(C)cc(c75)N6c5ccc(OC)cc5)c4)cc3B3c4cc(C)ccc4N(c4ccc(C(C)(C)C)cc4)c4cccc2c43)cc1. The Morgan fingerprint density at radius 3 is 0.679 bits per heavy atom. The normalized spacial score (nSPS) is 13.9. The molecule has 0 radical (unpaired) electrons. The van der Waals surface area contributed by atoms with Crippen LogP contribution in [0.5, 0.6) is 17.2 Å². The molecule has 0 aliphatic carbocycles. The van der Waals surface area contributed by atoms with Crippen LogP contribution < -0.4 is 92.8 Å². The van der Waals surface area contributed by atoms with Gasteiger partial charge < -0.3 is 43.6 Å². The highest BCUT2D eigenvalue weighted by Crippen LogP contribution is 2.53. The summed E-state index contributed by atoms with van der Waals surface area (Å²) in [5, 5.41) is 0. The number of hydrogen-bond donors (Lipinski definition) is 0. The van der Waals surface area contributed by atoms with Gasteiger partial charge in [0.1, 0.15) is 17.2 Å². The second-order valence-electron chi connectivity index (χ2n) is 43.2. The Labute approximate surface area is 793 Å². The number of anilines is 18. The predicted octanol–water partition coefficient (Wildman–Crippen LogP) is 26.4. The molecule has 6 aliphatic rings. The molecule has 6 aliphatic heterocycles. The molecule has 0 bridgehead atoms. The predicted molar refractivity (Wildman–Crippen MR) is 572 cm³/mol. The van der Waals surface area contributed by atoms with Crippen molar-refractivity contribution in [1.82, 2.24) is 0 Å². The molecule has 12 heteroatoms. The molecule has 0 saturated carbocycles. The minimum atomic E-state index is -0.181. The van der Waals surface area contributed by atoms with Crippen LogP contribution in [0.2, 0.25) is 0 Å². The van der Waals surface area contributed by atoms with E-state index in [1.54, 1.807) is 21.3 Å². The van der Waals surface area contributed by atoms with Crippen LogP contribution in [0.25, 0.3) is 33.4 Å². The zero-order chi connectivity index (χ0) is 93.0. The van der Waals surface area contributed by atoms with Crippen molar-refractivity contribution in [2.75, 3.05) is 50.7 Å². The summed E-state index contributed by atoms with van der Waals surface area (Å²) in [7, 11) is 5.26. The van der Waals surface area contributed by atoms with Gasteiger partial charge in [0.15, 0.2) is 0 Å². The van der Waals surface area contributed by atoms with E-state index >= 15 is 0 Å². The first kappa shape index (κ1) is 85.4. The third kappa shape index (κ3) is 14.1. The number of methoxy groups -OCH3 is 3. The Bertz CT molecular complexity index is 7150. The lowest BCUT2D eigenvalue weighted by Gasteiger charge is -2.45. The molecule has 0 amide bonds. The van der Waals surface area contributed by atoms with Crippen LogP contribution in [0.3, 0.4) is 0 Å². The lowest BCUT2D eigenvalue weighted by atomic mass is 9.33. The van der Waals surface area contributed by atoms with E-state index in [9.17, 15) is 0 Å². The Morgan fingerprint density at radius 1 is 0.187 bits per heavy atom. The van der Waals surface area contributed by atoms with Gasteiger partial charge in [-0.25, -0.2) is 0 Å². The molecule has 22 rings (SSSR count). The van der Waals surface area contributed by atoms with Crippen molar-refractivity contribution in [1.29, 1.82) is 0 Å². The third-order valence-electron chi connectivity index (χ3n) is 29.2. The van der Waals surface area contributed by atoms with Crippen molar-refractivity contribution in [2.24, 2.45) is 0 Å². The van der Waals surface area contributed by atoms with E-state index < -0.39 is 0 Å². The monoisotopic (exact) mass is 1740 g/mol. The highest BCUT2D eigenvalue weighted by molar-refractivity contribution is 7.02. The molecule has 0 aromatic heterocycles. The van der Waals surface area contributed by atoms with E-state index in [0.29, 0.717) is 0 Å². The van der Waals surface area contributed by atoms with E-state index in [4.69, 9.17) is 14.2 Å². The zero-order valence-electron chi connectivity index (χ0n) is 81.2. The average Bonchev–Trinajstić information content (AvgIpc) is 0.702. The molecule has 6 heterocycles. The summed E-state index contributed by atoms with van der Waals surface area (Å²) in [6.45, 7) is 41.1. The fourth-order valence-electron chi connectivity index (χ4n) is 22.1. The van der Waals surface area contributed by atoms with Crippen LogP contribution in [0, 0.1) is 20.8 Å². The Hall–Kier alpha value is -14.1. The maximum absolute atomic E-state index is 5.95. The fourth-order valence-corrected chi connectivity index (χ4v) is 22.1. The first-order valence-electron chi connectivity index (χ1n) is 47.6. The van der Waals surface area contributed by atoms with Crippen molar-refractivity contribution in [3.63, 3.8) is 0 Å². The van der Waals surface area contributed by atoms with Crippen molar-refractivity contribution in [3.05, 3.63) is 360 Å². The van der Waals surface area contributed by atoms with E-state index in [1.807, 2.05) is 0 Å². The zero-order valence-corrected chi connectivity index (χ0v) is 81.2. The number of ether oxygens (including phenoxy) is 3. The second kappa shape index (κ2) is 31.3. The van der Waals surface area contributed by atoms with Gasteiger partial charge >= 0.3 is 0 Å². The number of nitrogens with zero attached hydrogens (tertiary/aromatic N) is 6. The van der Waals surface area contributed by atoms with Crippen LogP contribution >= 0.6 is 0 Å². The number of aryl methyl sites for hydroxylation is 3. The van der Waals surface area contributed by atoms with E-state index in [1.165, 1.54) is 122 Å². The van der Waals surface area contributed by atoms with E-state index in [2.05, 4.69) is 469 Å². The number of hydrogen-bond acceptors (Lipinski definition) is 9. The smallest absolute Gasteiger partial charge is 0.252 e. The topological polar surface area (TPSA) is 47.1 Å². The van der Waals surface area contributed by atoms with Crippen LogP contribution in [0.15, 0.2) is 315 Å². The first-order valence-corrected chi connectivity index (χ1v) is 47.6. The lowest BCUT2D eigenvalue weighted by Crippen LogP contribution is -2.61. The lowest BCUT2D eigenvalue weighted by molar-refractivity contribution is 0.414. The van der Waals surface area contributed by atoms with Gasteiger partial charge in [-0.3, -0.25) is 0 Å². The standard InChI is InChI=1S/C122H115B3N6O3/c1-74-25-55-103-97(61-74)123-98-69-77(26-56-104(98)127(91-43-49-94(132-19)50-44-91)110-24-22-23-109(115(110)123)126(103)88-37-29-83(30-38-88)118(4,5)6)80-66-81(78-27-57-105-99(70-78)124-101-72-86(121(13,14)15)35-59-107(101)128(89-39-31-84(32-40-89)119(7,8)9)111-62-75(2)64-113(116(111)124)130(105)92-45-51-95(133-20)52-46-92)68-82(67-80)79-28-58-106-100(71-79)125-102-73-87(122(16,17)18)36-60-108(102)129(90-41-33-85(34-42-90)120(10,11)12)112-63-76(3)65-114(117(112)125)131(106)93-47-53-96(134-21)54-48-93/h22-73H,1-21H3. The van der Waals surface area contributed by atoms with Gasteiger partial charge in [0.2, 0.25) is 0 Å². The largest absolute Gasteiger partial charge is 0.497 e. The molecule has 16 aromatic rings. The highest BCUT2D eigenvalue weighted by atomic mass is 16.5. The van der Waals surface area contributed by atoms with Gasteiger partial charge in [-0.2, -0.15) is 0 Å². The van der Waals surface area contributed by atoms with Gasteiger partial charge in [0.05, 0.1) is 21.3 Å². The summed E-state index contributed by atoms with van der Waals surface area (Å²) in [5.74, 6) is 2.42. The number of benzene rings is 16. The average molecular weight is 1750 g/mol. The Kier molecular flexibility index (Phi) is 19.9. The molecule has 0 fully saturated rings. The summed E-state index contributed by atoms with van der Waals surface area (Å²) in [6.07, 6.45) is 0. The summed E-state index contributed by atoms with van der Waals surface area (Å²) < 4.78 is 17.8. The molecule has 0 saturated heterocycles. The van der Waals surface area contributed by atoms with Gasteiger partial charge in [-0.05, 0) is 370 Å².